The second kappa shape index (κ2) is 13.0. The normalized spacial score (nSPS) is 13.0. The van der Waals surface area contributed by atoms with Gasteiger partial charge < -0.3 is 29.7 Å². The Morgan fingerprint density at radius 3 is 2.65 bits per heavy atom. The van der Waals surface area contributed by atoms with Crippen molar-refractivity contribution in [2.24, 2.45) is 0 Å². The van der Waals surface area contributed by atoms with Crippen molar-refractivity contribution in [1.82, 2.24) is 29.3 Å². The molecule has 5 heterocycles. The summed E-state index contributed by atoms with van der Waals surface area (Å²) in [6, 6.07) is 11.0. The molecule has 6 rings (SSSR count). The Morgan fingerprint density at radius 1 is 1.09 bits per heavy atom. The summed E-state index contributed by atoms with van der Waals surface area (Å²) in [7, 11) is 5.42. The topological polar surface area (TPSA) is 118 Å². The number of thiazole rings is 1. The third kappa shape index (κ3) is 6.43. The number of carbonyl (C=O) groups is 2. The molecule has 5 aromatic rings. The highest BCUT2D eigenvalue weighted by molar-refractivity contribution is 7.17. The van der Waals surface area contributed by atoms with Gasteiger partial charge in [-0.05, 0) is 50.5 Å². The molecule has 4 aromatic heterocycles. The lowest BCUT2D eigenvalue weighted by molar-refractivity contribution is -0.127. The van der Waals surface area contributed by atoms with Gasteiger partial charge in [0.15, 0.2) is 16.7 Å². The molecule has 236 valence electrons. The van der Waals surface area contributed by atoms with Gasteiger partial charge in [0, 0.05) is 48.6 Å². The predicted molar refractivity (Wildman–Crippen MR) is 172 cm³/mol. The monoisotopic (exact) mass is 644 g/mol. The van der Waals surface area contributed by atoms with Gasteiger partial charge in [-0.1, -0.05) is 23.5 Å². The molecule has 0 saturated heterocycles. The van der Waals surface area contributed by atoms with Crippen molar-refractivity contribution in [2.75, 3.05) is 44.9 Å². The molecule has 0 aliphatic carbocycles. The van der Waals surface area contributed by atoms with Gasteiger partial charge in [0.05, 0.1) is 25.5 Å². The zero-order valence-electron chi connectivity index (χ0n) is 25.3. The Hall–Kier alpha value is -5.21. The van der Waals surface area contributed by atoms with E-state index in [4.69, 9.17) is 14.7 Å². The van der Waals surface area contributed by atoms with Crippen LogP contribution in [0.2, 0.25) is 0 Å². The van der Waals surface area contributed by atoms with Crippen LogP contribution in [0.3, 0.4) is 0 Å². The highest BCUT2D eigenvalue weighted by Crippen LogP contribution is 2.33. The van der Waals surface area contributed by atoms with E-state index in [1.54, 1.807) is 18.3 Å². The fourth-order valence-corrected chi connectivity index (χ4v) is 5.78. The zero-order valence-corrected chi connectivity index (χ0v) is 26.1. The van der Waals surface area contributed by atoms with E-state index in [1.807, 2.05) is 48.2 Å². The third-order valence-electron chi connectivity index (χ3n) is 7.34. The molecule has 2 N–H and O–H groups in total. The maximum atomic E-state index is 14.0. The number of anilines is 3. The number of methoxy groups -OCH3 is 1. The molecule has 1 aliphatic heterocycles. The van der Waals surface area contributed by atoms with Crippen molar-refractivity contribution >= 4 is 50.8 Å². The Morgan fingerprint density at radius 2 is 1.89 bits per heavy atom. The number of amides is 2. The number of hydrogen-bond donors (Lipinski definition) is 2. The van der Waals surface area contributed by atoms with Crippen LogP contribution >= 0.6 is 11.3 Å². The number of nitrogens with one attached hydrogen (secondary N) is 2. The van der Waals surface area contributed by atoms with E-state index in [9.17, 15) is 18.4 Å². The zero-order chi connectivity index (χ0) is 32.4. The van der Waals surface area contributed by atoms with E-state index in [2.05, 4.69) is 20.2 Å². The molecule has 11 nitrogen and oxygen atoms in total. The molecular formula is C32H30F2N8O3S. The number of benzene rings is 1. The first-order valence-corrected chi connectivity index (χ1v) is 15.1. The van der Waals surface area contributed by atoms with Gasteiger partial charge in [0.2, 0.25) is 5.91 Å². The van der Waals surface area contributed by atoms with E-state index in [0.29, 0.717) is 48.6 Å². The minimum atomic E-state index is -0.879. The summed E-state index contributed by atoms with van der Waals surface area (Å²) < 4.78 is 35.6. The number of carbonyl (C=O) groups excluding carboxylic acids is 2. The van der Waals surface area contributed by atoms with Gasteiger partial charge in [-0.2, -0.15) is 0 Å². The van der Waals surface area contributed by atoms with E-state index in [1.165, 1.54) is 19.4 Å². The lowest BCUT2D eigenvalue weighted by atomic mass is 10.1. The summed E-state index contributed by atoms with van der Waals surface area (Å²) >= 11 is 0.988. The van der Waals surface area contributed by atoms with Gasteiger partial charge in [0.1, 0.15) is 27.8 Å². The third-order valence-corrected chi connectivity index (χ3v) is 8.25. The standard InChI is InChI=1S/C32H30F2N8O3S/c1-40(2)11-5-8-27(43)41-12-13-42-21(18-41)15-19-14-20(16-35-30(19)42)24-9-10-25(45-3)29(37-24)39-32-36-17-26(46-32)31(44)38-28-22(33)6-4-7-23(28)34/h4-10,14-17H,11-13,18H2,1-3H3,(H,38,44)(H,36,37,39)/b8-5+. The summed E-state index contributed by atoms with van der Waals surface area (Å²) in [5.41, 5.74) is 2.71. The Labute approximate surface area is 267 Å². The smallest absolute Gasteiger partial charge is 0.267 e. The average molecular weight is 645 g/mol. The quantitative estimate of drug-likeness (QED) is 0.208. The van der Waals surface area contributed by atoms with Crippen molar-refractivity contribution in [3.63, 3.8) is 0 Å². The highest BCUT2D eigenvalue weighted by atomic mass is 32.1. The van der Waals surface area contributed by atoms with Gasteiger partial charge in [-0.3, -0.25) is 9.59 Å². The molecule has 0 unspecified atom stereocenters. The predicted octanol–water partition coefficient (Wildman–Crippen LogP) is 5.30. The lowest BCUT2D eigenvalue weighted by Crippen LogP contribution is -2.37. The fraction of sp³-hybridized carbons (Fsp3) is 0.219. The van der Waals surface area contributed by atoms with Crippen LogP contribution in [0.4, 0.5) is 25.4 Å². The van der Waals surface area contributed by atoms with Crippen molar-refractivity contribution in [3.8, 4) is 17.0 Å². The fourth-order valence-electron chi connectivity index (χ4n) is 5.07. The van der Waals surface area contributed by atoms with Crippen molar-refractivity contribution in [2.45, 2.75) is 13.1 Å². The van der Waals surface area contributed by atoms with Crippen LogP contribution in [-0.4, -0.2) is 75.4 Å². The number of pyridine rings is 2. The summed E-state index contributed by atoms with van der Waals surface area (Å²) in [5.74, 6) is -1.68. The van der Waals surface area contributed by atoms with Crippen molar-refractivity contribution in [1.29, 1.82) is 0 Å². The molecule has 14 heteroatoms. The Balaban J connectivity index is 1.20. The molecule has 0 saturated carbocycles. The van der Waals surface area contributed by atoms with Crippen LogP contribution in [0.25, 0.3) is 22.3 Å². The molecule has 0 radical (unpaired) electrons. The van der Waals surface area contributed by atoms with Crippen molar-refractivity contribution < 1.29 is 23.1 Å². The molecule has 46 heavy (non-hydrogen) atoms. The van der Waals surface area contributed by atoms with Gasteiger partial charge in [-0.15, -0.1) is 0 Å². The first kappa shape index (κ1) is 30.8. The second-order valence-corrected chi connectivity index (χ2v) is 11.8. The van der Waals surface area contributed by atoms with E-state index >= 15 is 0 Å². The summed E-state index contributed by atoms with van der Waals surface area (Å²) in [4.78, 5) is 43.0. The molecular weight excluding hydrogens is 614 g/mol. The molecule has 2 amide bonds. The maximum absolute atomic E-state index is 14.0. The minimum absolute atomic E-state index is 0.0126. The Bertz CT molecular complexity index is 1950. The average Bonchev–Trinajstić information content (AvgIpc) is 3.66. The van der Waals surface area contributed by atoms with Gasteiger partial charge in [-0.25, -0.2) is 23.7 Å². The summed E-state index contributed by atoms with van der Waals surface area (Å²) in [5, 5.41) is 6.59. The molecule has 1 aliphatic rings. The second-order valence-electron chi connectivity index (χ2n) is 10.8. The molecule has 0 fully saturated rings. The maximum Gasteiger partial charge on any atom is 0.267 e. The Kier molecular flexibility index (Phi) is 8.72. The van der Waals surface area contributed by atoms with Crippen LogP contribution in [0.1, 0.15) is 15.4 Å². The van der Waals surface area contributed by atoms with Crippen LogP contribution in [0.15, 0.2) is 67.0 Å². The first-order valence-electron chi connectivity index (χ1n) is 14.3. The largest absolute Gasteiger partial charge is 0.493 e. The number of likely N-dealkylation sites (N-methyl/N-ethyl adjacent to an activating group) is 1. The van der Waals surface area contributed by atoms with Gasteiger partial charge >= 0.3 is 0 Å². The summed E-state index contributed by atoms with van der Waals surface area (Å²) in [6.07, 6.45) is 6.55. The number of para-hydroxylation sites is 1. The van der Waals surface area contributed by atoms with E-state index in [0.717, 1.165) is 45.8 Å². The molecule has 0 atom stereocenters. The first-order chi connectivity index (χ1) is 22.2. The number of nitrogens with zero attached hydrogens (tertiary/aromatic N) is 6. The van der Waals surface area contributed by atoms with Crippen LogP contribution in [-0.2, 0) is 17.9 Å². The number of halogens is 2. The minimum Gasteiger partial charge on any atom is -0.493 e. The number of hydrogen-bond acceptors (Lipinski definition) is 9. The SMILES string of the molecule is COc1ccc(-c2cnc3c(c2)cc2n3CCN(C(=O)/C=C/CN(C)C)C2)nc1Nc1ncc(C(=O)Nc2c(F)cccc2F)s1. The van der Waals surface area contributed by atoms with Crippen LogP contribution < -0.4 is 15.4 Å². The van der Waals surface area contributed by atoms with Gasteiger partial charge in [0.25, 0.3) is 5.91 Å². The number of aromatic nitrogens is 4. The molecule has 0 spiro atoms. The lowest BCUT2D eigenvalue weighted by Gasteiger charge is -2.27. The highest BCUT2D eigenvalue weighted by Gasteiger charge is 2.22. The van der Waals surface area contributed by atoms with E-state index in [-0.39, 0.29) is 10.8 Å². The van der Waals surface area contributed by atoms with Crippen molar-refractivity contribution in [3.05, 3.63) is 89.2 Å². The molecule has 1 aromatic carbocycles. The number of ether oxygens (including phenoxy) is 1. The number of fused-ring (bicyclic) bond motifs is 3. The summed E-state index contributed by atoms with van der Waals surface area (Å²) in [6.45, 7) is 2.44. The van der Waals surface area contributed by atoms with E-state index < -0.39 is 23.2 Å². The number of rotatable bonds is 9. The van der Waals surface area contributed by atoms with Crippen LogP contribution in [0, 0.1) is 11.6 Å². The van der Waals surface area contributed by atoms with Crippen LogP contribution in [0.5, 0.6) is 5.75 Å². The molecule has 0 bridgehead atoms.